The summed E-state index contributed by atoms with van der Waals surface area (Å²) in [5.41, 5.74) is 6.64. The Morgan fingerprint density at radius 1 is 1.26 bits per heavy atom. The molecular weight excluding hydrogens is 239 g/mol. The van der Waals surface area contributed by atoms with E-state index in [4.69, 9.17) is 5.73 Å². The first-order chi connectivity index (χ1) is 9.07. The van der Waals surface area contributed by atoms with Crippen molar-refractivity contribution in [2.45, 2.75) is 32.1 Å². The zero-order chi connectivity index (χ0) is 13.9. The summed E-state index contributed by atoms with van der Waals surface area (Å²) < 4.78 is 14.0. The van der Waals surface area contributed by atoms with E-state index in [0.29, 0.717) is 12.5 Å². The third kappa shape index (κ3) is 3.15. The molecule has 3 heteroatoms. The molecule has 0 spiro atoms. The molecule has 106 valence electrons. The lowest BCUT2D eigenvalue weighted by Gasteiger charge is -2.42. The fourth-order valence-electron chi connectivity index (χ4n) is 3.15. The lowest BCUT2D eigenvalue weighted by atomic mass is 9.72. The topological polar surface area (TPSA) is 29.3 Å². The number of hydrogen-bond acceptors (Lipinski definition) is 2. The molecule has 2 nitrogen and oxygen atoms in total. The number of piperidine rings is 1. The molecule has 0 aromatic heterocycles. The number of benzene rings is 1. The average Bonchev–Trinajstić information content (AvgIpc) is 2.40. The van der Waals surface area contributed by atoms with E-state index < -0.39 is 0 Å². The van der Waals surface area contributed by atoms with Crippen LogP contribution in [0.3, 0.4) is 0 Å². The minimum Gasteiger partial charge on any atom is -0.330 e. The van der Waals surface area contributed by atoms with Crippen LogP contribution in [-0.4, -0.2) is 31.1 Å². The molecule has 1 heterocycles. The van der Waals surface area contributed by atoms with E-state index in [1.54, 1.807) is 12.1 Å². The molecule has 0 amide bonds. The number of halogens is 1. The Balaban J connectivity index is 2.12. The molecule has 0 radical (unpaired) electrons. The molecule has 19 heavy (non-hydrogen) atoms. The first-order valence-electron chi connectivity index (χ1n) is 7.25. The number of rotatable bonds is 4. The van der Waals surface area contributed by atoms with Gasteiger partial charge in [0.05, 0.1) is 0 Å². The van der Waals surface area contributed by atoms with Gasteiger partial charge in [-0.1, -0.05) is 32.0 Å². The van der Waals surface area contributed by atoms with Crippen molar-refractivity contribution >= 4 is 0 Å². The molecule has 0 saturated carbocycles. The van der Waals surface area contributed by atoms with Crippen LogP contribution in [0.1, 0.15) is 32.3 Å². The van der Waals surface area contributed by atoms with Gasteiger partial charge in [0.2, 0.25) is 0 Å². The predicted molar refractivity (Wildman–Crippen MR) is 77.6 cm³/mol. The summed E-state index contributed by atoms with van der Waals surface area (Å²) in [6.45, 7) is 8.16. The van der Waals surface area contributed by atoms with Gasteiger partial charge < -0.3 is 10.6 Å². The summed E-state index contributed by atoms with van der Waals surface area (Å²) in [7, 11) is 0. The number of nitrogens with two attached hydrogens (primary N) is 1. The Morgan fingerprint density at radius 2 is 1.89 bits per heavy atom. The summed E-state index contributed by atoms with van der Waals surface area (Å²) in [6, 6.07) is 7.11. The molecule has 0 aliphatic carbocycles. The van der Waals surface area contributed by atoms with Crippen molar-refractivity contribution in [1.29, 1.82) is 0 Å². The molecule has 0 bridgehead atoms. The summed E-state index contributed by atoms with van der Waals surface area (Å²) in [5, 5.41) is 0. The van der Waals surface area contributed by atoms with Crippen molar-refractivity contribution in [2.24, 2.45) is 11.7 Å². The monoisotopic (exact) mass is 264 g/mol. The Hall–Kier alpha value is -0.930. The van der Waals surface area contributed by atoms with Crippen molar-refractivity contribution in [3.63, 3.8) is 0 Å². The van der Waals surface area contributed by atoms with Gasteiger partial charge in [-0.05, 0) is 43.5 Å². The Kier molecular flexibility index (Phi) is 4.58. The van der Waals surface area contributed by atoms with Crippen LogP contribution in [0.25, 0.3) is 0 Å². The maximum atomic E-state index is 14.0. The molecule has 0 unspecified atom stereocenters. The van der Waals surface area contributed by atoms with Crippen LogP contribution in [0.2, 0.25) is 0 Å². The smallest absolute Gasteiger partial charge is 0.127 e. The third-order valence-electron chi connectivity index (χ3n) is 4.27. The first-order valence-corrected chi connectivity index (χ1v) is 7.25. The molecule has 1 aromatic rings. The Labute approximate surface area is 115 Å². The van der Waals surface area contributed by atoms with E-state index in [1.807, 2.05) is 12.1 Å². The zero-order valence-corrected chi connectivity index (χ0v) is 12.0. The maximum Gasteiger partial charge on any atom is 0.127 e. The van der Waals surface area contributed by atoms with Crippen molar-refractivity contribution < 1.29 is 4.39 Å². The van der Waals surface area contributed by atoms with E-state index >= 15 is 0 Å². The van der Waals surface area contributed by atoms with E-state index in [9.17, 15) is 4.39 Å². The van der Waals surface area contributed by atoms with Gasteiger partial charge in [0, 0.05) is 18.5 Å². The molecule has 1 aliphatic rings. The molecule has 2 rings (SSSR count). The van der Waals surface area contributed by atoms with Gasteiger partial charge in [-0.3, -0.25) is 0 Å². The van der Waals surface area contributed by atoms with Gasteiger partial charge in [0.1, 0.15) is 5.82 Å². The molecule has 1 saturated heterocycles. The van der Waals surface area contributed by atoms with Gasteiger partial charge in [-0.2, -0.15) is 0 Å². The van der Waals surface area contributed by atoms with Gasteiger partial charge in [-0.25, -0.2) is 4.39 Å². The second-order valence-electron chi connectivity index (χ2n) is 6.16. The van der Waals surface area contributed by atoms with Crippen molar-refractivity contribution in [1.82, 2.24) is 4.90 Å². The molecule has 2 N–H and O–H groups in total. The minimum atomic E-state index is -0.168. The van der Waals surface area contributed by atoms with Gasteiger partial charge in [0.25, 0.3) is 0 Å². The fourth-order valence-corrected chi connectivity index (χ4v) is 3.15. The second kappa shape index (κ2) is 6.02. The second-order valence-corrected chi connectivity index (χ2v) is 6.16. The normalized spacial score (nSPS) is 19.8. The highest BCUT2D eigenvalue weighted by atomic mass is 19.1. The lowest BCUT2D eigenvalue weighted by Crippen LogP contribution is -2.47. The summed E-state index contributed by atoms with van der Waals surface area (Å²) in [4.78, 5) is 2.47. The van der Waals surface area contributed by atoms with Crippen LogP contribution >= 0.6 is 0 Å². The van der Waals surface area contributed by atoms with E-state index in [-0.39, 0.29) is 11.2 Å². The number of likely N-dealkylation sites (tertiary alicyclic amines) is 1. The van der Waals surface area contributed by atoms with Crippen LogP contribution in [0.4, 0.5) is 4.39 Å². The van der Waals surface area contributed by atoms with Crippen LogP contribution in [0, 0.1) is 11.7 Å². The van der Waals surface area contributed by atoms with Crippen molar-refractivity contribution in [3.05, 3.63) is 35.6 Å². The highest BCUT2D eigenvalue weighted by Crippen LogP contribution is 2.36. The maximum absolute atomic E-state index is 14.0. The van der Waals surface area contributed by atoms with E-state index in [1.165, 1.54) is 0 Å². The van der Waals surface area contributed by atoms with Crippen LogP contribution in [0.5, 0.6) is 0 Å². The van der Waals surface area contributed by atoms with Crippen molar-refractivity contribution in [3.8, 4) is 0 Å². The Bertz CT molecular complexity index is 409. The van der Waals surface area contributed by atoms with Gasteiger partial charge in [-0.15, -0.1) is 0 Å². The summed E-state index contributed by atoms with van der Waals surface area (Å²) in [5.74, 6) is 0.573. The minimum absolute atomic E-state index is 0.106. The number of hydrogen-bond donors (Lipinski definition) is 1. The predicted octanol–water partition coefficient (Wildman–Crippen LogP) is 2.77. The molecule has 0 atom stereocenters. The highest BCUT2D eigenvalue weighted by molar-refractivity contribution is 5.28. The summed E-state index contributed by atoms with van der Waals surface area (Å²) in [6.07, 6.45) is 1.91. The van der Waals surface area contributed by atoms with Gasteiger partial charge in [0.15, 0.2) is 0 Å². The molecule has 1 aliphatic heterocycles. The van der Waals surface area contributed by atoms with Crippen LogP contribution in [-0.2, 0) is 5.41 Å². The zero-order valence-electron chi connectivity index (χ0n) is 12.0. The molecular formula is C16H25FN2. The van der Waals surface area contributed by atoms with Crippen molar-refractivity contribution in [2.75, 3.05) is 26.2 Å². The Morgan fingerprint density at radius 3 is 2.42 bits per heavy atom. The standard InChI is InChI=1S/C16H25FN2/c1-13(2)11-19-9-7-16(12-18,8-10-19)14-5-3-4-6-15(14)17/h3-6,13H,7-12,18H2,1-2H3. The largest absolute Gasteiger partial charge is 0.330 e. The SMILES string of the molecule is CC(C)CN1CCC(CN)(c2ccccc2F)CC1. The average molecular weight is 264 g/mol. The van der Waals surface area contributed by atoms with E-state index in [2.05, 4.69) is 18.7 Å². The van der Waals surface area contributed by atoms with E-state index in [0.717, 1.165) is 38.0 Å². The molecule has 1 fully saturated rings. The number of nitrogens with zero attached hydrogens (tertiary/aromatic N) is 1. The first kappa shape index (κ1) is 14.5. The van der Waals surface area contributed by atoms with Crippen LogP contribution < -0.4 is 5.73 Å². The fraction of sp³-hybridized carbons (Fsp3) is 0.625. The van der Waals surface area contributed by atoms with Crippen LogP contribution in [0.15, 0.2) is 24.3 Å². The quantitative estimate of drug-likeness (QED) is 0.906. The third-order valence-corrected chi connectivity index (χ3v) is 4.27. The highest BCUT2D eigenvalue weighted by Gasteiger charge is 2.36. The summed E-state index contributed by atoms with van der Waals surface area (Å²) >= 11 is 0. The molecule has 1 aromatic carbocycles. The lowest BCUT2D eigenvalue weighted by molar-refractivity contribution is 0.146. The van der Waals surface area contributed by atoms with Gasteiger partial charge >= 0.3 is 0 Å².